The van der Waals surface area contributed by atoms with Gasteiger partial charge in [-0.1, -0.05) is 51.7 Å². The number of carbonyl (C=O) groups is 1. The number of hydrogen-bond donors (Lipinski definition) is 1. The number of rotatable bonds is 10. The van der Waals surface area contributed by atoms with E-state index in [0.29, 0.717) is 5.56 Å². The van der Waals surface area contributed by atoms with Gasteiger partial charge in [0, 0.05) is 0 Å². The molecule has 4 heteroatoms. The summed E-state index contributed by atoms with van der Waals surface area (Å²) in [7, 11) is -1.65. The Balaban J connectivity index is 2.60. The molecule has 118 valence electrons. The Hall–Kier alpha value is -0.803. The summed E-state index contributed by atoms with van der Waals surface area (Å²) in [5.74, 6) is -0.867. The summed E-state index contributed by atoms with van der Waals surface area (Å²) in [5, 5.41) is 8.91. The fraction of sp³-hybridized carbons (Fsp3) is 0.588. The van der Waals surface area contributed by atoms with Gasteiger partial charge in [-0.25, -0.2) is 4.79 Å². The minimum atomic E-state index is -1.65. The highest BCUT2D eigenvalue weighted by Gasteiger charge is 2.28. The Morgan fingerprint density at radius 3 is 2.00 bits per heavy atom. The third-order valence-electron chi connectivity index (χ3n) is 4.02. The Kier molecular flexibility index (Phi) is 8.05. The second-order valence-electron chi connectivity index (χ2n) is 5.86. The van der Waals surface area contributed by atoms with Crippen LogP contribution in [0.3, 0.4) is 0 Å². The molecule has 0 radical (unpaired) electrons. The van der Waals surface area contributed by atoms with Crippen LogP contribution in [0.4, 0.5) is 0 Å². The van der Waals surface area contributed by atoms with Gasteiger partial charge >= 0.3 is 5.97 Å². The Labute approximate surface area is 134 Å². The van der Waals surface area contributed by atoms with Crippen LogP contribution in [0.15, 0.2) is 24.3 Å². The van der Waals surface area contributed by atoms with Crippen LogP contribution in [-0.4, -0.2) is 18.5 Å². The number of aromatic carboxylic acids is 1. The van der Waals surface area contributed by atoms with Crippen LogP contribution in [0, 0.1) is 0 Å². The third kappa shape index (κ3) is 6.66. The summed E-state index contributed by atoms with van der Waals surface area (Å²) in [6.07, 6.45) is 5.86. The van der Waals surface area contributed by atoms with E-state index in [1.54, 1.807) is 12.1 Å². The minimum Gasteiger partial charge on any atom is -0.478 e. The fourth-order valence-corrected chi connectivity index (χ4v) is 7.09. The molecule has 1 aromatic carbocycles. The first kappa shape index (κ1) is 18.2. The topological polar surface area (TPSA) is 37.3 Å². The maximum absolute atomic E-state index is 10.9. The van der Waals surface area contributed by atoms with Crippen molar-refractivity contribution in [3.05, 3.63) is 35.4 Å². The maximum Gasteiger partial charge on any atom is 0.335 e. The fourth-order valence-electron chi connectivity index (χ4n) is 2.54. The zero-order chi connectivity index (χ0) is 15.7. The Morgan fingerprint density at radius 2 is 1.57 bits per heavy atom. The summed E-state index contributed by atoms with van der Waals surface area (Å²) in [5.41, 5.74) is 1.55. The lowest BCUT2D eigenvalue weighted by molar-refractivity contribution is 0.0697. The highest BCUT2D eigenvalue weighted by molar-refractivity contribution is 7.20. The van der Waals surface area contributed by atoms with Crippen molar-refractivity contribution in [1.82, 2.24) is 0 Å². The number of aryl methyl sites for hydroxylation is 1. The molecule has 1 aromatic rings. The van der Waals surface area contributed by atoms with E-state index in [9.17, 15) is 4.79 Å². The second kappa shape index (κ2) is 9.26. The average molecular weight is 327 g/mol. The zero-order valence-corrected chi connectivity index (χ0v) is 15.0. The van der Waals surface area contributed by atoms with E-state index in [4.69, 9.17) is 16.2 Å². The molecule has 0 spiro atoms. The van der Waals surface area contributed by atoms with E-state index in [1.165, 1.54) is 43.3 Å². The van der Waals surface area contributed by atoms with Gasteiger partial charge in [-0.15, -0.1) is 0 Å². The lowest BCUT2D eigenvalue weighted by Gasteiger charge is -2.24. The minimum absolute atomic E-state index is 0.352. The number of halogens is 1. The van der Waals surface area contributed by atoms with Crippen LogP contribution in [-0.2, 0) is 6.42 Å². The van der Waals surface area contributed by atoms with Crippen molar-refractivity contribution in [2.75, 3.05) is 0 Å². The molecular formula is C17H27ClO2Si. The van der Waals surface area contributed by atoms with E-state index in [1.807, 2.05) is 12.1 Å². The van der Waals surface area contributed by atoms with Crippen LogP contribution < -0.4 is 0 Å². The maximum atomic E-state index is 10.9. The molecular weight excluding hydrogens is 300 g/mol. The van der Waals surface area contributed by atoms with Gasteiger partial charge in [-0.2, -0.15) is 11.1 Å². The number of hydrogen-bond acceptors (Lipinski definition) is 1. The Bertz CT molecular complexity index is 423. The molecule has 2 nitrogen and oxygen atoms in total. The van der Waals surface area contributed by atoms with Gasteiger partial charge < -0.3 is 5.11 Å². The van der Waals surface area contributed by atoms with Crippen LogP contribution in [0.5, 0.6) is 0 Å². The van der Waals surface area contributed by atoms with E-state index in [-0.39, 0.29) is 0 Å². The van der Waals surface area contributed by atoms with E-state index in [0.717, 1.165) is 12.5 Å². The third-order valence-corrected chi connectivity index (χ3v) is 9.37. The van der Waals surface area contributed by atoms with Crippen LogP contribution in [0.1, 0.15) is 55.5 Å². The molecule has 0 saturated heterocycles. The SMILES string of the molecule is CCCC[Si](Cl)(CCCC)CCc1ccc(C(=O)O)cc1. The van der Waals surface area contributed by atoms with Crippen molar-refractivity contribution in [1.29, 1.82) is 0 Å². The summed E-state index contributed by atoms with van der Waals surface area (Å²) in [6, 6.07) is 10.7. The summed E-state index contributed by atoms with van der Waals surface area (Å²) >= 11 is 6.97. The molecule has 21 heavy (non-hydrogen) atoms. The van der Waals surface area contributed by atoms with E-state index in [2.05, 4.69) is 13.8 Å². The number of unbranched alkanes of at least 4 members (excludes halogenated alkanes) is 2. The zero-order valence-electron chi connectivity index (χ0n) is 13.2. The van der Waals surface area contributed by atoms with Gasteiger partial charge in [0.05, 0.1) is 5.56 Å². The van der Waals surface area contributed by atoms with E-state index >= 15 is 0 Å². The Morgan fingerprint density at radius 1 is 1.05 bits per heavy atom. The average Bonchev–Trinajstić information content (AvgIpc) is 2.49. The van der Waals surface area contributed by atoms with Gasteiger partial charge in [-0.3, -0.25) is 0 Å². The monoisotopic (exact) mass is 326 g/mol. The molecule has 1 N–H and O–H groups in total. The molecule has 0 fully saturated rings. The van der Waals surface area contributed by atoms with Crippen molar-refractivity contribution < 1.29 is 9.90 Å². The van der Waals surface area contributed by atoms with Crippen LogP contribution >= 0.6 is 11.1 Å². The molecule has 0 heterocycles. The van der Waals surface area contributed by atoms with Crippen molar-refractivity contribution in [3.8, 4) is 0 Å². The summed E-state index contributed by atoms with van der Waals surface area (Å²) in [4.78, 5) is 10.9. The highest BCUT2D eigenvalue weighted by atomic mass is 35.6. The number of benzene rings is 1. The molecule has 0 aromatic heterocycles. The van der Waals surface area contributed by atoms with Crippen LogP contribution in [0.25, 0.3) is 0 Å². The molecule has 0 atom stereocenters. The molecule has 1 rings (SSSR count). The first-order chi connectivity index (χ1) is 10.0. The van der Waals surface area contributed by atoms with Gasteiger partial charge in [0.1, 0.15) is 0 Å². The first-order valence-corrected chi connectivity index (χ1v) is 11.6. The second-order valence-corrected chi connectivity index (χ2v) is 12.1. The molecule has 0 bridgehead atoms. The van der Waals surface area contributed by atoms with E-state index < -0.39 is 13.4 Å². The number of carboxylic acids is 1. The van der Waals surface area contributed by atoms with Crippen molar-refractivity contribution >= 4 is 24.4 Å². The van der Waals surface area contributed by atoms with Gasteiger partial charge in [-0.05, 0) is 42.2 Å². The molecule has 0 saturated carbocycles. The molecule has 0 aliphatic heterocycles. The largest absolute Gasteiger partial charge is 0.478 e. The standard InChI is InChI=1S/C17H27ClO2Si/c1-3-5-12-21(18,13-6-4-2)14-11-15-7-9-16(10-8-15)17(19)20/h7-10H,3-6,11-14H2,1-2H3,(H,19,20). The van der Waals surface area contributed by atoms with Gasteiger partial charge in [0.25, 0.3) is 0 Å². The molecule has 0 aliphatic carbocycles. The molecule has 0 aliphatic rings. The molecule has 0 unspecified atom stereocenters. The highest BCUT2D eigenvalue weighted by Crippen LogP contribution is 2.31. The summed E-state index contributed by atoms with van der Waals surface area (Å²) < 4.78 is 0. The number of carboxylic acid groups (broad SMARTS) is 1. The summed E-state index contributed by atoms with van der Waals surface area (Å²) in [6.45, 7) is 4.44. The quantitative estimate of drug-likeness (QED) is 0.441. The predicted molar refractivity (Wildman–Crippen MR) is 92.9 cm³/mol. The van der Waals surface area contributed by atoms with Crippen molar-refractivity contribution in [2.24, 2.45) is 0 Å². The van der Waals surface area contributed by atoms with Gasteiger partial charge in [0.2, 0.25) is 0 Å². The van der Waals surface area contributed by atoms with Gasteiger partial charge in [0.15, 0.2) is 7.38 Å². The lowest BCUT2D eigenvalue weighted by atomic mass is 10.1. The first-order valence-electron chi connectivity index (χ1n) is 8.02. The van der Waals surface area contributed by atoms with Crippen molar-refractivity contribution in [3.63, 3.8) is 0 Å². The normalized spacial score (nSPS) is 11.6. The molecule has 0 amide bonds. The predicted octanol–water partition coefficient (Wildman–Crippen LogP) is 5.71. The van der Waals surface area contributed by atoms with Crippen molar-refractivity contribution in [2.45, 2.75) is 64.1 Å². The lowest BCUT2D eigenvalue weighted by Crippen LogP contribution is -2.27. The smallest absolute Gasteiger partial charge is 0.335 e. The van der Waals surface area contributed by atoms with Crippen LogP contribution in [0.2, 0.25) is 18.1 Å².